The molecule has 0 unspecified atom stereocenters. The molecule has 0 aliphatic carbocycles. The highest BCUT2D eigenvalue weighted by molar-refractivity contribution is 7.14. The van der Waals surface area contributed by atoms with Crippen molar-refractivity contribution < 1.29 is 35.8 Å². The van der Waals surface area contributed by atoms with Crippen LogP contribution in [0.4, 0.5) is 37.2 Å². The van der Waals surface area contributed by atoms with Gasteiger partial charge in [0.2, 0.25) is 0 Å². The van der Waals surface area contributed by atoms with Crippen LogP contribution in [-0.4, -0.2) is 19.2 Å². The predicted molar refractivity (Wildman–Crippen MR) is 100 cm³/mol. The fourth-order valence-corrected chi connectivity index (χ4v) is 3.35. The molecule has 4 nitrogen and oxygen atoms in total. The lowest BCUT2D eigenvalue weighted by Gasteiger charge is -2.14. The molecule has 0 fully saturated rings. The van der Waals surface area contributed by atoms with Crippen LogP contribution in [0.1, 0.15) is 11.1 Å². The molecule has 3 aromatic rings. The maximum atomic E-state index is 13.0. The second kappa shape index (κ2) is 8.05. The number of benzene rings is 2. The summed E-state index contributed by atoms with van der Waals surface area (Å²) in [6.45, 7) is 0. The Balaban J connectivity index is 1.95. The number of nitrogens with zero attached hydrogens (tertiary/aromatic N) is 1. The van der Waals surface area contributed by atoms with Crippen molar-refractivity contribution in [2.45, 2.75) is 12.4 Å². The van der Waals surface area contributed by atoms with Crippen molar-refractivity contribution >= 4 is 22.2 Å². The highest BCUT2D eigenvalue weighted by Crippen LogP contribution is 2.39. The number of methoxy groups -OCH3 is 2. The molecule has 1 N–H and O–H groups in total. The van der Waals surface area contributed by atoms with E-state index in [1.165, 1.54) is 14.2 Å². The SMILES string of the molecule is COc1ccc(-c2csc(Nc3cc(C(F)(F)F)cc(C(F)(F)F)c3)n2)c(OC)c1. The third-order valence-electron chi connectivity index (χ3n) is 4.03. The summed E-state index contributed by atoms with van der Waals surface area (Å²) in [6, 6.07) is 6.26. The van der Waals surface area contributed by atoms with Gasteiger partial charge in [0.05, 0.1) is 31.0 Å². The van der Waals surface area contributed by atoms with Gasteiger partial charge in [-0.15, -0.1) is 11.3 Å². The Morgan fingerprint density at radius 2 is 1.50 bits per heavy atom. The van der Waals surface area contributed by atoms with E-state index in [9.17, 15) is 26.3 Å². The van der Waals surface area contributed by atoms with Gasteiger partial charge in [-0.3, -0.25) is 0 Å². The number of thiazole rings is 1. The van der Waals surface area contributed by atoms with Gasteiger partial charge in [0.25, 0.3) is 0 Å². The lowest BCUT2D eigenvalue weighted by molar-refractivity contribution is -0.143. The van der Waals surface area contributed by atoms with Crippen LogP contribution in [0.3, 0.4) is 0 Å². The molecule has 0 saturated heterocycles. The summed E-state index contributed by atoms with van der Waals surface area (Å²) in [4.78, 5) is 4.25. The minimum Gasteiger partial charge on any atom is -0.497 e. The third kappa shape index (κ3) is 4.78. The van der Waals surface area contributed by atoms with Gasteiger partial charge >= 0.3 is 12.4 Å². The average Bonchev–Trinajstić information content (AvgIpc) is 3.14. The highest BCUT2D eigenvalue weighted by atomic mass is 32.1. The van der Waals surface area contributed by atoms with Gasteiger partial charge in [-0.25, -0.2) is 4.98 Å². The zero-order valence-electron chi connectivity index (χ0n) is 15.5. The zero-order valence-corrected chi connectivity index (χ0v) is 16.3. The highest BCUT2D eigenvalue weighted by Gasteiger charge is 2.37. The predicted octanol–water partition coefficient (Wildman–Crippen LogP) is 6.61. The van der Waals surface area contributed by atoms with E-state index < -0.39 is 23.5 Å². The van der Waals surface area contributed by atoms with Crippen molar-refractivity contribution in [3.8, 4) is 22.8 Å². The van der Waals surface area contributed by atoms with Crippen LogP contribution in [0.25, 0.3) is 11.3 Å². The van der Waals surface area contributed by atoms with Crippen molar-refractivity contribution in [2.75, 3.05) is 19.5 Å². The molecule has 0 atom stereocenters. The van der Waals surface area contributed by atoms with Crippen LogP contribution in [0, 0.1) is 0 Å². The van der Waals surface area contributed by atoms with Crippen molar-refractivity contribution in [1.29, 1.82) is 0 Å². The second-order valence-corrected chi connectivity index (χ2v) is 6.88. The maximum absolute atomic E-state index is 13.0. The van der Waals surface area contributed by atoms with Crippen LogP contribution in [0.5, 0.6) is 11.5 Å². The molecule has 0 bridgehead atoms. The molecule has 2 aromatic carbocycles. The van der Waals surface area contributed by atoms with E-state index in [-0.39, 0.29) is 16.9 Å². The van der Waals surface area contributed by atoms with Crippen LogP contribution in [0.15, 0.2) is 41.8 Å². The lowest BCUT2D eigenvalue weighted by atomic mass is 10.1. The van der Waals surface area contributed by atoms with Gasteiger partial charge in [0.1, 0.15) is 11.5 Å². The molecule has 30 heavy (non-hydrogen) atoms. The Labute approximate surface area is 171 Å². The molecule has 0 radical (unpaired) electrons. The molecule has 11 heteroatoms. The number of halogens is 6. The van der Waals surface area contributed by atoms with Crippen molar-refractivity contribution in [1.82, 2.24) is 4.98 Å². The van der Waals surface area contributed by atoms with Crippen LogP contribution in [-0.2, 0) is 12.4 Å². The van der Waals surface area contributed by atoms with Gasteiger partial charge in [0, 0.05) is 22.7 Å². The van der Waals surface area contributed by atoms with E-state index in [0.717, 1.165) is 11.3 Å². The summed E-state index contributed by atoms with van der Waals surface area (Å²) in [5, 5.41) is 4.24. The Hall–Kier alpha value is -2.95. The molecule has 0 aliphatic heterocycles. The normalized spacial score (nSPS) is 12.0. The van der Waals surface area contributed by atoms with E-state index in [2.05, 4.69) is 10.3 Å². The Bertz CT molecular complexity index is 1010. The summed E-state index contributed by atoms with van der Waals surface area (Å²) >= 11 is 1.02. The number of hydrogen-bond acceptors (Lipinski definition) is 5. The third-order valence-corrected chi connectivity index (χ3v) is 4.79. The first-order valence-electron chi connectivity index (χ1n) is 8.25. The molecule has 3 rings (SSSR count). The number of aromatic nitrogens is 1. The van der Waals surface area contributed by atoms with Crippen molar-refractivity contribution in [3.63, 3.8) is 0 Å². The fraction of sp³-hybridized carbons (Fsp3) is 0.211. The average molecular weight is 448 g/mol. The van der Waals surface area contributed by atoms with Crippen LogP contribution >= 0.6 is 11.3 Å². The minimum absolute atomic E-state index is 0.0701. The Morgan fingerprint density at radius 3 is 2.03 bits per heavy atom. The quantitative estimate of drug-likeness (QED) is 0.446. The Morgan fingerprint density at radius 1 is 0.867 bits per heavy atom. The molecule has 1 aromatic heterocycles. The van der Waals surface area contributed by atoms with Gasteiger partial charge in [-0.05, 0) is 30.3 Å². The van der Waals surface area contributed by atoms with Gasteiger partial charge < -0.3 is 14.8 Å². The number of anilines is 2. The standard InChI is InChI=1S/C19H14F6N2O2S/c1-28-13-3-4-14(16(8-13)29-2)15-9-30-17(27-15)26-12-6-10(18(20,21)22)5-11(7-12)19(23,24)25/h3-9H,1-2H3,(H,26,27). The van der Waals surface area contributed by atoms with E-state index in [4.69, 9.17) is 9.47 Å². The van der Waals surface area contributed by atoms with Gasteiger partial charge in [-0.2, -0.15) is 26.3 Å². The van der Waals surface area contributed by atoms with E-state index in [1.54, 1.807) is 23.6 Å². The van der Waals surface area contributed by atoms with Gasteiger partial charge in [-0.1, -0.05) is 0 Å². The fourth-order valence-electron chi connectivity index (χ4n) is 2.62. The summed E-state index contributed by atoms with van der Waals surface area (Å²) in [5.74, 6) is 0.998. The van der Waals surface area contributed by atoms with E-state index in [1.807, 2.05) is 0 Å². The minimum atomic E-state index is -4.93. The first kappa shape index (κ1) is 21.8. The lowest BCUT2D eigenvalue weighted by Crippen LogP contribution is -2.11. The second-order valence-electron chi connectivity index (χ2n) is 6.02. The molecule has 0 saturated carbocycles. The number of ether oxygens (including phenoxy) is 2. The summed E-state index contributed by atoms with van der Waals surface area (Å²) in [5.41, 5.74) is -2.17. The number of rotatable bonds is 5. The van der Waals surface area contributed by atoms with E-state index >= 15 is 0 Å². The number of nitrogens with one attached hydrogen (secondary N) is 1. The number of hydrogen-bond donors (Lipinski definition) is 1. The van der Waals surface area contributed by atoms with Gasteiger partial charge in [0.15, 0.2) is 5.13 Å². The molecule has 0 amide bonds. The number of alkyl halides is 6. The largest absolute Gasteiger partial charge is 0.497 e. The molecular weight excluding hydrogens is 434 g/mol. The zero-order chi connectivity index (χ0) is 22.1. The van der Waals surface area contributed by atoms with E-state index in [0.29, 0.717) is 34.9 Å². The maximum Gasteiger partial charge on any atom is 0.416 e. The summed E-state index contributed by atoms with van der Waals surface area (Å²) in [7, 11) is 2.94. The first-order valence-corrected chi connectivity index (χ1v) is 9.13. The molecule has 160 valence electrons. The molecular formula is C19H14F6N2O2S. The Kier molecular flexibility index (Phi) is 5.84. The monoisotopic (exact) mass is 448 g/mol. The molecule has 1 heterocycles. The van der Waals surface area contributed by atoms with Crippen LogP contribution in [0.2, 0.25) is 0 Å². The first-order chi connectivity index (χ1) is 14.0. The smallest absolute Gasteiger partial charge is 0.416 e. The summed E-state index contributed by atoms with van der Waals surface area (Å²) < 4.78 is 88.5. The molecule has 0 spiro atoms. The van der Waals surface area contributed by atoms with Crippen LogP contribution < -0.4 is 14.8 Å². The topological polar surface area (TPSA) is 43.4 Å². The van der Waals surface area contributed by atoms with Crippen molar-refractivity contribution in [2.24, 2.45) is 0 Å². The summed E-state index contributed by atoms with van der Waals surface area (Å²) in [6.07, 6.45) is -9.86. The molecule has 0 aliphatic rings. The van der Waals surface area contributed by atoms with Crippen molar-refractivity contribution in [3.05, 3.63) is 52.9 Å².